The number of ether oxygens (including phenoxy) is 1. The number of rotatable bonds is 4. The second kappa shape index (κ2) is 4.67. The van der Waals surface area contributed by atoms with Crippen molar-refractivity contribution in [1.29, 1.82) is 0 Å². The molecular weight excluding hydrogens is 291 g/mol. The highest BCUT2D eigenvalue weighted by Gasteiger charge is 2.58. The van der Waals surface area contributed by atoms with Crippen LogP contribution in [0.3, 0.4) is 0 Å². The maximum atomic E-state index is 11.0. The third kappa shape index (κ3) is 2.45. The average Bonchev–Trinajstić information content (AvgIpc) is 2.54. The molecule has 0 saturated carbocycles. The van der Waals surface area contributed by atoms with Gasteiger partial charge in [0.05, 0.1) is 6.61 Å². The summed E-state index contributed by atoms with van der Waals surface area (Å²) in [7, 11) is -4.05. The van der Waals surface area contributed by atoms with Gasteiger partial charge in [-0.25, -0.2) is 4.79 Å². The van der Waals surface area contributed by atoms with Crippen LogP contribution in [0.4, 0.5) is 0 Å². The highest BCUT2D eigenvalue weighted by Crippen LogP contribution is 2.28. The van der Waals surface area contributed by atoms with Gasteiger partial charge < -0.3 is 30.3 Å². The average molecular weight is 298 g/mol. The van der Waals surface area contributed by atoms with Crippen molar-refractivity contribution in [3.8, 4) is 0 Å². The van der Waals surface area contributed by atoms with Crippen LogP contribution in [0, 0.1) is 0 Å². The number of esters is 1. The van der Waals surface area contributed by atoms with Crippen molar-refractivity contribution in [3.63, 3.8) is 0 Å². The lowest BCUT2D eigenvalue weighted by molar-refractivity contribution is -0.147. The Morgan fingerprint density at radius 3 is 2.56 bits per heavy atom. The Hall–Kier alpha value is -0.868. The van der Waals surface area contributed by atoms with Crippen molar-refractivity contribution in [2.24, 2.45) is 0 Å². The van der Waals surface area contributed by atoms with E-state index in [0.717, 1.165) is 0 Å². The van der Waals surface area contributed by atoms with Gasteiger partial charge in [-0.05, 0) is 0 Å². The van der Waals surface area contributed by atoms with Gasteiger partial charge in [0.2, 0.25) is 5.76 Å². The van der Waals surface area contributed by atoms with E-state index < -0.39 is 61.9 Å². The molecular formula is C6H7AlO10S. The van der Waals surface area contributed by atoms with Crippen molar-refractivity contribution >= 4 is 31.5 Å². The zero-order chi connectivity index (χ0) is 13.5. The molecule has 2 aliphatic rings. The molecule has 0 aliphatic carbocycles. The van der Waals surface area contributed by atoms with Gasteiger partial charge in [0, 0.05) is 0 Å². The lowest BCUT2D eigenvalue weighted by atomic mass is 10.2. The van der Waals surface area contributed by atoms with Crippen LogP contribution in [-0.4, -0.2) is 63.7 Å². The van der Waals surface area contributed by atoms with Gasteiger partial charge in [-0.2, -0.15) is 8.42 Å². The fourth-order valence-corrected chi connectivity index (χ4v) is 3.64. The first-order valence-electron chi connectivity index (χ1n) is 4.55. The first-order chi connectivity index (χ1) is 8.34. The molecule has 100 valence electrons. The van der Waals surface area contributed by atoms with Crippen LogP contribution in [0.1, 0.15) is 0 Å². The Balaban J connectivity index is 2.10. The molecule has 0 bridgehead atoms. The highest BCUT2D eigenvalue weighted by atomic mass is 32.3. The van der Waals surface area contributed by atoms with Crippen LogP contribution in [0.5, 0.6) is 0 Å². The highest BCUT2D eigenvalue weighted by molar-refractivity contribution is 7.86. The minimum atomic E-state index is -4.05. The van der Waals surface area contributed by atoms with Crippen LogP contribution in [0.25, 0.3) is 0 Å². The molecule has 2 atom stereocenters. The number of hydrogen-bond acceptors (Lipinski definition) is 10. The molecule has 0 aromatic rings. The summed E-state index contributed by atoms with van der Waals surface area (Å²) in [6, 6.07) is 0. The van der Waals surface area contributed by atoms with Crippen LogP contribution < -0.4 is 0 Å². The molecule has 3 N–H and O–H groups in total. The molecule has 0 amide bonds. The predicted molar refractivity (Wildman–Crippen MR) is 50.6 cm³/mol. The summed E-state index contributed by atoms with van der Waals surface area (Å²) < 4.78 is 38.9. The van der Waals surface area contributed by atoms with E-state index in [1.54, 1.807) is 0 Å². The van der Waals surface area contributed by atoms with Crippen LogP contribution in [0.2, 0.25) is 0 Å². The van der Waals surface area contributed by atoms with Crippen molar-refractivity contribution in [2.45, 2.75) is 12.2 Å². The van der Waals surface area contributed by atoms with Gasteiger partial charge >= 0.3 is 31.5 Å². The van der Waals surface area contributed by atoms with Gasteiger partial charge in [0.25, 0.3) is 0 Å². The smallest absolute Gasteiger partial charge is 0.595 e. The minimum absolute atomic E-state index is 0.520. The summed E-state index contributed by atoms with van der Waals surface area (Å²) in [4.78, 5) is 11.0. The summed E-state index contributed by atoms with van der Waals surface area (Å²) in [5, 5.41) is 27.4. The Bertz CT molecular complexity index is 484. The molecule has 0 spiro atoms. The van der Waals surface area contributed by atoms with Crippen LogP contribution in [0.15, 0.2) is 11.5 Å². The first-order valence-corrected chi connectivity index (χ1v) is 7.30. The van der Waals surface area contributed by atoms with E-state index in [2.05, 4.69) is 11.2 Å². The quantitative estimate of drug-likeness (QED) is 0.370. The zero-order valence-electron chi connectivity index (χ0n) is 8.55. The summed E-state index contributed by atoms with van der Waals surface area (Å²) in [6.07, 6.45) is -2.97. The Kier molecular flexibility index (Phi) is 3.52. The predicted octanol–water partition coefficient (Wildman–Crippen LogP) is -2.67. The maximum absolute atomic E-state index is 11.0. The molecule has 2 aliphatic heterocycles. The monoisotopic (exact) mass is 298 g/mol. The van der Waals surface area contributed by atoms with Gasteiger partial charge in [0.1, 0.15) is 6.10 Å². The molecule has 1 fully saturated rings. The van der Waals surface area contributed by atoms with Crippen LogP contribution in [-0.2, 0) is 30.2 Å². The Morgan fingerprint density at radius 2 is 2.06 bits per heavy atom. The third-order valence-corrected chi connectivity index (χ3v) is 5.66. The fourth-order valence-electron chi connectivity index (χ4n) is 1.27. The molecule has 12 heteroatoms. The van der Waals surface area contributed by atoms with Crippen molar-refractivity contribution in [2.75, 3.05) is 6.61 Å². The van der Waals surface area contributed by atoms with E-state index in [1.165, 1.54) is 0 Å². The van der Waals surface area contributed by atoms with E-state index >= 15 is 0 Å². The van der Waals surface area contributed by atoms with E-state index in [9.17, 15) is 23.4 Å². The lowest BCUT2D eigenvalue weighted by Gasteiger charge is -2.24. The second-order valence-electron chi connectivity index (χ2n) is 3.30. The van der Waals surface area contributed by atoms with Crippen molar-refractivity contribution in [3.05, 3.63) is 11.5 Å². The SMILES string of the molecule is O=C1O[C@H]([C@@H](O)CO)C([O][Al]2[O]S(=O)(=O)[O]2)=C1O. The Morgan fingerprint density at radius 1 is 1.44 bits per heavy atom. The number of hydrogen-bond donors (Lipinski definition) is 3. The largest absolute Gasteiger partial charge is 1.03 e. The summed E-state index contributed by atoms with van der Waals surface area (Å²) in [5.41, 5.74) is 0. The fraction of sp³-hybridized carbons (Fsp3) is 0.500. The van der Waals surface area contributed by atoms with Crippen molar-refractivity contribution < 1.29 is 43.5 Å². The minimum Gasteiger partial charge on any atom is -0.595 e. The molecule has 2 heterocycles. The maximum Gasteiger partial charge on any atom is 1.03 e. The number of aliphatic hydroxyl groups excluding tert-OH is 3. The van der Waals surface area contributed by atoms with Gasteiger partial charge in [-0.15, -0.1) is 0 Å². The molecule has 0 unspecified atom stereocenters. The lowest BCUT2D eigenvalue weighted by Crippen LogP contribution is -2.45. The molecule has 0 aromatic carbocycles. The van der Waals surface area contributed by atoms with E-state index in [-0.39, 0.29) is 0 Å². The topological polar surface area (TPSA) is 149 Å². The number of aliphatic hydroxyl groups is 3. The molecule has 10 nitrogen and oxygen atoms in total. The normalized spacial score (nSPS) is 27.8. The van der Waals surface area contributed by atoms with Crippen molar-refractivity contribution in [1.82, 2.24) is 0 Å². The molecule has 0 aromatic heterocycles. The summed E-state index contributed by atoms with van der Waals surface area (Å²) in [5.74, 6) is -2.62. The standard InChI is InChI=1S/C6H8O6.Al.H2O4S/c7-1-2(8)5-3(9)4(10)6(11)12-5;;1-5(2,3)4/h2,5,7-10H,1H2;;(H2,1,2,3,4)/q;+3;/p-3/t2-,5+;;/m0../s1. The van der Waals surface area contributed by atoms with Gasteiger partial charge in [0.15, 0.2) is 11.9 Å². The number of carbonyl (C=O) groups excluding carboxylic acids is 1. The van der Waals surface area contributed by atoms with E-state index in [0.29, 0.717) is 0 Å². The summed E-state index contributed by atoms with van der Waals surface area (Å²) >= 11 is -3.07. The van der Waals surface area contributed by atoms with E-state index in [1.807, 2.05) is 0 Å². The van der Waals surface area contributed by atoms with E-state index in [4.69, 9.17) is 8.90 Å². The number of carbonyl (C=O) groups is 1. The zero-order valence-corrected chi connectivity index (χ0v) is 10.5. The molecule has 18 heavy (non-hydrogen) atoms. The molecule has 2 rings (SSSR count). The Labute approximate surface area is 106 Å². The van der Waals surface area contributed by atoms with Crippen LogP contribution >= 0.6 is 0 Å². The van der Waals surface area contributed by atoms with Gasteiger partial charge in [-0.3, -0.25) is 0 Å². The number of cyclic esters (lactones) is 1. The first kappa shape index (κ1) is 13.6. The van der Waals surface area contributed by atoms with Gasteiger partial charge in [-0.1, -0.05) is 0 Å². The summed E-state index contributed by atoms with van der Waals surface area (Å²) in [6.45, 7) is -0.760. The molecule has 0 radical (unpaired) electrons. The molecule has 1 saturated heterocycles. The third-order valence-electron chi connectivity index (χ3n) is 2.07. The second-order valence-corrected chi connectivity index (χ2v) is 6.47.